The molecule has 0 aromatic carbocycles. The van der Waals surface area contributed by atoms with Crippen LogP contribution in [-0.2, 0) is 19.2 Å². The molecular formula is C14H14ClN5O5S3. The van der Waals surface area contributed by atoms with Crippen molar-refractivity contribution < 1.29 is 24.3 Å². The number of β-lactam (4-membered cyclic amide) rings is 1. The lowest BCUT2D eigenvalue weighted by atomic mass is 9.95. The fourth-order valence-electron chi connectivity index (χ4n) is 2.73. The number of thioether (sulfide) groups is 2. The number of nitrogens with one attached hydrogen (secondary N) is 1. The molecule has 2 aliphatic rings. The Hall–Kier alpha value is -1.96. The predicted molar refractivity (Wildman–Crippen MR) is 108 cm³/mol. The molecule has 2 unspecified atom stereocenters. The number of oxime groups is 1. The van der Waals surface area contributed by atoms with E-state index in [-0.39, 0.29) is 27.4 Å². The number of aliphatic carboxylic acids is 1. The summed E-state index contributed by atoms with van der Waals surface area (Å²) in [6.45, 7) is 0. The number of carbonyl (C=O) groups excluding carboxylic acids is 2. The van der Waals surface area contributed by atoms with Crippen molar-refractivity contribution in [3.05, 3.63) is 21.0 Å². The maximum absolute atomic E-state index is 12.6. The van der Waals surface area contributed by atoms with Crippen molar-refractivity contribution in [1.29, 1.82) is 0 Å². The number of halogens is 1. The molecular weight excluding hydrogens is 450 g/mol. The number of nitrogen functional groups attached to an aromatic ring is 1. The lowest BCUT2D eigenvalue weighted by molar-refractivity contribution is -0.153. The predicted octanol–water partition coefficient (Wildman–Crippen LogP) is 0.701. The second kappa shape index (κ2) is 8.59. The summed E-state index contributed by atoms with van der Waals surface area (Å²) in [6.07, 6.45) is 0. The van der Waals surface area contributed by atoms with Gasteiger partial charge in [0.2, 0.25) is 0 Å². The average Bonchev–Trinajstić information content (AvgIpc) is 3.09. The van der Waals surface area contributed by atoms with E-state index in [2.05, 4.69) is 15.5 Å². The molecule has 1 saturated heterocycles. The third-order valence-electron chi connectivity index (χ3n) is 3.88. The molecule has 0 aliphatic carbocycles. The van der Waals surface area contributed by atoms with E-state index in [9.17, 15) is 19.5 Å². The van der Waals surface area contributed by atoms with E-state index >= 15 is 0 Å². The van der Waals surface area contributed by atoms with Crippen LogP contribution in [0.3, 0.4) is 0 Å². The van der Waals surface area contributed by atoms with Gasteiger partial charge in [-0.3, -0.25) is 14.5 Å². The molecule has 0 bridgehead atoms. The number of carboxylic acid groups (broad SMARTS) is 1. The van der Waals surface area contributed by atoms with E-state index in [1.54, 1.807) is 5.38 Å². The minimum atomic E-state index is -1.22. The molecule has 0 saturated carbocycles. The second-order valence-corrected chi connectivity index (χ2v) is 9.17. The Kier molecular flexibility index (Phi) is 6.37. The number of thiazole rings is 1. The molecule has 28 heavy (non-hydrogen) atoms. The van der Waals surface area contributed by atoms with Crippen LogP contribution in [0.15, 0.2) is 20.5 Å². The van der Waals surface area contributed by atoms with Gasteiger partial charge in [-0.05, 0) is 0 Å². The number of nitrogens with zero attached hydrogens (tertiary/aromatic N) is 3. The number of carbonyl (C=O) groups is 3. The van der Waals surface area contributed by atoms with E-state index in [1.807, 2.05) is 0 Å². The van der Waals surface area contributed by atoms with Gasteiger partial charge in [-0.15, -0.1) is 46.5 Å². The number of fused-ring (bicyclic) bond motifs is 1. The molecule has 3 heterocycles. The van der Waals surface area contributed by atoms with E-state index in [1.165, 1.54) is 23.8 Å². The Bertz CT molecular complexity index is 888. The Balaban J connectivity index is 1.78. The van der Waals surface area contributed by atoms with Gasteiger partial charge in [0, 0.05) is 11.1 Å². The van der Waals surface area contributed by atoms with Crippen LogP contribution in [0, 0.1) is 0 Å². The summed E-state index contributed by atoms with van der Waals surface area (Å²) in [6, 6.07) is -1.37. The smallest absolute Gasteiger partial charge is 0.354 e. The maximum atomic E-state index is 12.6. The molecule has 2 amide bonds. The topological polar surface area (TPSA) is 147 Å². The molecule has 14 heteroatoms. The van der Waals surface area contributed by atoms with Crippen LogP contribution in [0.1, 0.15) is 5.69 Å². The molecule has 0 spiro atoms. The molecule has 1 fully saturated rings. The first kappa shape index (κ1) is 20.8. The lowest BCUT2D eigenvalue weighted by Crippen LogP contribution is -2.72. The van der Waals surface area contributed by atoms with Gasteiger partial charge in [0.05, 0.1) is 15.5 Å². The van der Waals surface area contributed by atoms with Crippen LogP contribution in [-0.4, -0.2) is 68.6 Å². The summed E-state index contributed by atoms with van der Waals surface area (Å²) in [5.41, 5.74) is 5.57. The number of aromatic nitrogens is 1. The monoisotopic (exact) mass is 463 g/mol. The highest BCUT2D eigenvalue weighted by molar-refractivity contribution is 8.22. The number of amides is 2. The zero-order valence-electron chi connectivity index (χ0n) is 14.2. The normalized spacial score (nSPS) is 21.9. The highest BCUT2D eigenvalue weighted by Crippen LogP contribution is 2.44. The van der Waals surface area contributed by atoms with Gasteiger partial charge in [-0.1, -0.05) is 5.16 Å². The Morgan fingerprint density at radius 2 is 2.36 bits per heavy atom. The highest BCUT2D eigenvalue weighted by atomic mass is 35.5. The zero-order chi connectivity index (χ0) is 20.4. The van der Waals surface area contributed by atoms with Crippen molar-refractivity contribution in [2.45, 2.75) is 12.1 Å². The molecule has 4 N–H and O–H groups in total. The number of anilines is 1. The van der Waals surface area contributed by atoms with Gasteiger partial charge in [-0.25, -0.2) is 9.78 Å². The fraction of sp³-hybridized carbons (Fsp3) is 0.357. The Morgan fingerprint density at radius 1 is 1.61 bits per heavy atom. The summed E-state index contributed by atoms with van der Waals surface area (Å²) in [4.78, 5) is 46.7. The van der Waals surface area contributed by atoms with Crippen molar-refractivity contribution >= 4 is 75.1 Å². The van der Waals surface area contributed by atoms with Crippen LogP contribution in [0.2, 0.25) is 0 Å². The van der Waals surface area contributed by atoms with Crippen molar-refractivity contribution in [3.8, 4) is 0 Å². The highest BCUT2D eigenvalue weighted by Gasteiger charge is 2.54. The molecule has 1 aromatic rings. The van der Waals surface area contributed by atoms with Crippen molar-refractivity contribution in [1.82, 2.24) is 15.2 Å². The summed E-state index contributed by atoms with van der Waals surface area (Å²) in [5, 5.41) is 17.7. The van der Waals surface area contributed by atoms with Crippen LogP contribution < -0.4 is 11.1 Å². The summed E-state index contributed by atoms with van der Waals surface area (Å²) in [7, 11) is 1.27. The standard InChI is InChI=1S/C14H14ClN5O5S3/c1-25-19-7(5-2-27-14(16)17-5)10(21)18-8-6-3-26-13(28-4-15)9(12(23)24)20(6)11(8)22/h2,6,8H,3-4H2,1H3,(H2,16,17)(H,18,21)(H,23,24). The van der Waals surface area contributed by atoms with Crippen molar-refractivity contribution in [3.63, 3.8) is 0 Å². The number of nitrogens with two attached hydrogens (primary N) is 1. The second-order valence-electron chi connectivity index (χ2n) is 5.43. The van der Waals surface area contributed by atoms with Gasteiger partial charge in [0.15, 0.2) is 16.5 Å². The van der Waals surface area contributed by atoms with E-state index < -0.39 is 29.9 Å². The molecule has 1 aromatic heterocycles. The minimum absolute atomic E-state index is 0.111. The van der Waals surface area contributed by atoms with Crippen LogP contribution in [0.25, 0.3) is 0 Å². The molecule has 3 rings (SSSR count). The summed E-state index contributed by atoms with van der Waals surface area (Å²) < 4.78 is 0.469. The maximum Gasteiger partial charge on any atom is 0.354 e. The van der Waals surface area contributed by atoms with Crippen LogP contribution in [0.5, 0.6) is 0 Å². The third kappa shape index (κ3) is 3.79. The summed E-state index contributed by atoms with van der Waals surface area (Å²) in [5.74, 6) is -1.98. The van der Waals surface area contributed by atoms with E-state index in [4.69, 9.17) is 22.2 Å². The molecule has 10 nitrogen and oxygen atoms in total. The number of rotatable bonds is 7. The van der Waals surface area contributed by atoms with Gasteiger partial charge in [0.1, 0.15) is 18.8 Å². The summed E-state index contributed by atoms with van der Waals surface area (Å²) >= 11 is 9.25. The number of hydrogen-bond acceptors (Lipinski definition) is 10. The van der Waals surface area contributed by atoms with Gasteiger partial charge in [-0.2, -0.15) is 0 Å². The van der Waals surface area contributed by atoms with E-state index in [0.29, 0.717) is 9.99 Å². The minimum Gasteiger partial charge on any atom is -0.477 e. The zero-order valence-corrected chi connectivity index (χ0v) is 17.5. The van der Waals surface area contributed by atoms with Crippen molar-refractivity contribution in [2.24, 2.45) is 5.16 Å². The fourth-order valence-corrected chi connectivity index (χ4v) is 5.92. The first-order valence-electron chi connectivity index (χ1n) is 7.64. The number of carboxylic acids is 1. The third-order valence-corrected chi connectivity index (χ3v) is 7.11. The molecule has 150 valence electrons. The first-order chi connectivity index (χ1) is 13.4. The molecule has 2 atom stereocenters. The van der Waals surface area contributed by atoms with Gasteiger partial charge in [0.25, 0.3) is 11.8 Å². The van der Waals surface area contributed by atoms with E-state index in [0.717, 1.165) is 23.1 Å². The lowest BCUT2D eigenvalue weighted by Gasteiger charge is -2.49. The number of hydrogen-bond donors (Lipinski definition) is 3. The molecule has 0 radical (unpaired) electrons. The van der Waals surface area contributed by atoms with Gasteiger partial charge < -0.3 is 21.0 Å². The molecule has 2 aliphatic heterocycles. The quantitative estimate of drug-likeness (QED) is 0.230. The SMILES string of the molecule is CON=C(C(=O)NC1C(=O)N2C(C(=O)O)=C(SCCl)SCC12)c1csc(N)n1. The van der Waals surface area contributed by atoms with Crippen molar-refractivity contribution in [2.75, 3.05) is 23.8 Å². The Labute approximate surface area is 176 Å². The van der Waals surface area contributed by atoms with Gasteiger partial charge >= 0.3 is 5.97 Å². The van der Waals surface area contributed by atoms with Crippen LogP contribution >= 0.6 is 46.5 Å². The average molecular weight is 464 g/mol. The van der Waals surface area contributed by atoms with Crippen LogP contribution in [0.4, 0.5) is 5.13 Å². The number of alkyl halides is 1. The largest absolute Gasteiger partial charge is 0.477 e. The first-order valence-corrected chi connectivity index (χ1v) is 11.0. The Morgan fingerprint density at radius 3 is 2.93 bits per heavy atom.